The van der Waals surface area contributed by atoms with Gasteiger partial charge in [-0.25, -0.2) is 4.79 Å². The van der Waals surface area contributed by atoms with Gasteiger partial charge in [0.05, 0.1) is 19.6 Å². The van der Waals surface area contributed by atoms with Crippen molar-refractivity contribution in [3.8, 4) is 11.5 Å². The number of ketones is 1. The van der Waals surface area contributed by atoms with E-state index in [-0.39, 0.29) is 16.8 Å². The summed E-state index contributed by atoms with van der Waals surface area (Å²) >= 11 is 0. The second-order valence-electron chi connectivity index (χ2n) is 7.35. The minimum absolute atomic E-state index is 0.0179. The van der Waals surface area contributed by atoms with E-state index in [9.17, 15) is 9.59 Å². The van der Waals surface area contributed by atoms with Gasteiger partial charge in [0, 0.05) is 17.7 Å². The molecule has 0 aliphatic heterocycles. The number of fused-ring (bicyclic) bond motifs is 1. The molecule has 0 bridgehead atoms. The molecule has 0 N–H and O–H groups in total. The van der Waals surface area contributed by atoms with Crippen molar-refractivity contribution in [3.05, 3.63) is 69.6 Å². The number of rotatable bonds is 4. The van der Waals surface area contributed by atoms with Gasteiger partial charge in [-0.1, -0.05) is 45.0 Å². The summed E-state index contributed by atoms with van der Waals surface area (Å²) in [6.45, 7) is 6.30. The molecule has 3 rings (SSSR count). The summed E-state index contributed by atoms with van der Waals surface area (Å²) in [5, 5.41) is 0.535. The van der Waals surface area contributed by atoms with Crippen molar-refractivity contribution in [1.29, 1.82) is 0 Å². The van der Waals surface area contributed by atoms with E-state index in [0.29, 0.717) is 28.0 Å². The molecular formula is C22H22O5. The smallest absolute Gasteiger partial charge is 0.347 e. The molecule has 0 atom stereocenters. The average Bonchev–Trinajstić information content (AvgIpc) is 2.65. The zero-order valence-corrected chi connectivity index (χ0v) is 16.1. The molecule has 0 saturated carbocycles. The number of methoxy groups -OCH3 is 2. The Morgan fingerprint density at radius 1 is 0.963 bits per heavy atom. The van der Waals surface area contributed by atoms with Gasteiger partial charge >= 0.3 is 5.63 Å². The van der Waals surface area contributed by atoms with Gasteiger partial charge in [-0.2, -0.15) is 0 Å². The molecule has 0 saturated heterocycles. The molecule has 0 radical (unpaired) electrons. The van der Waals surface area contributed by atoms with Crippen molar-refractivity contribution >= 4 is 16.8 Å². The van der Waals surface area contributed by atoms with E-state index < -0.39 is 5.63 Å². The molecule has 5 nitrogen and oxygen atoms in total. The van der Waals surface area contributed by atoms with Gasteiger partial charge in [0.15, 0.2) is 5.78 Å². The third kappa shape index (κ3) is 3.58. The normalized spacial score (nSPS) is 11.4. The van der Waals surface area contributed by atoms with Gasteiger partial charge in [-0.15, -0.1) is 0 Å². The van der Waals surface area contributed by atoms with E-state index in [1.165, 1.54) is 20.3 Å². The first-order valence-corrected chi connectivity index (χ1v) is 8.59. The van der Waals surface area contributed by atoms with Gasteiger partial charge in [0.2, 0.25) is 0 Å². The third-order valence-corrected chi connectivity index (χ3v) is 4.50. The predicted molar refractivity (Wildman–Crippen MR) is 104 cm³/mol. The number of ether oxygens (including phenoxy) is 2. The minimum atomic E-state index is -0.692. The lowest BCUT2D eigenvalue weighted by molar-refractivity contribution is 0.103. The Morgan fingerprint density at radius 2 is 1.63 bits per heavy atom. The second-order valence-corrected chi connectivity index (χ2v) is 7.35. The monoisotopic (exact) mass is 366 g/mol. The van der Waals surface area contributed by atoms with Crippen LogP contribution >= 0.6 is 0 Å². The summed E-state index contributed by atoms with van der Waals surface area (Å²) < 4.78 is 15.9. The molecule has 0 aliphatic carbocycles. The van der Waals surface area contributed by atoms with Crippen molar-refractivity contribution in [2.24, 2.45) is 0 Å². The van der Waals surface area contributed by atoms with Gasteiger partial charge in [0.25, 0.3) is 0 Å². The van der Waals surface area contributed by atoms with E-state index in [4.69, 9.17) is 13.9 Å². The maximum Gasteiger partial charge on any atom is 0.347 e. The zero-order valence-electron chi connectivity index (χ0n) is 16.1. The highest BCUT2D eigenvalue weighted by atomic mass is 16.5. The first-order valence-electron chi connectivity index (χ1n) is 8.59. The molecule has 140 valence electrons. The quantitative estimate of drug-likeness (QED) is 0.508. The number of benzene rings is 2. The van der Waals surface area contributed by atoms with Gasteiger partial charge in [-0.3, -0.25) is 4.79 Å². The van der Waals surface area contributed by atoms with Crippen LogP contribution in [0.2, 0.25) is 0 Å². The molecule has 1 heterocycles. The molecule has 0 unspecified atom stereocenters. The molecule has 0 spiro atoms. The van der Waals surface area contributed by atoms with Crippen molar-refractivity contribution in [2.45, 2.75) is 26.2 Å². The first kappa shape index (κ1) is 18.7. The lowest BCUT2D eigenvalue weighted by atomic mass is 9.86. The fraction of sp³-hybridized carbons (Fsp3) is 0.273. The highest BCUT2D eigenvalue weighted by molar-refractivity contribution is 6.10. The van der Waals surface area contributed by atoms with Crippen LogP contribution in [0.3, 0.4) is 0 Å². The Hall–Kier alpha value is -3.08. The Labute approximate surface area is 157 Å². The van der Waals surface area contributed by atoms with Gasteiger partial charge in [0.1, 0.15) is 22.6 Å². The van der Waals surface area contributed by atoms with Crippen LogP contribution in [-0.2, 0) is 5.41 Å². The summed E-state index contributed by atoms with van der Waals surface area (Å²) in [5.74, 6) is 0.577. The molecule has 27 heavy (non-hydrogen) atoms. The molecular weight excluding hydrogens is 344 g/mol. The topological polar surface area (TPSA) is 65.7 Å². The molecule has 0 aliphatic rings. The van der Waals surface area contributed by atoms with Gasteiger partial charge in [-0.05, 0) is 17.0 Å². The SMILES string of the molecule is COc1cc(OC)c2cc(C(=O)c3ccc(C(C)(C)C)cc3)c(=O)oc2c1. The Bertz CT molecular complexity index is 1050. The van der Waals surface area contributed by atoms with Crippen molar-refractivity contribution in [1.82, 2.24) is 0 Å². The van der Waals surface area contributed by atoms with Crippen LogP contribution in [-0.4, -0.2) is 20.0 Å². The Balaban J connectivity index is 2.09. The number of carbonyl (C=O) groups is 1. The number of hydrogen-bond donors (Lipinski definition) is 0. The summed E-state index contributed by atoms with van der Waals surface area (Å²) in [4.78, 5) is 25.3. The average molecular weight is 366 g/mol. The molecule has 3 aromatic rings. The summed E-state index contributed by atoms with van der Waals surface area (Å²) in [6, 6.07) is 12.1. The summed E-state index contributed by atoms with van der Waals surface area (Å²) in [5.41, 5.74) is 1.10. The Kier molecular flexibility index (Phi) is 4.79. The highest BCUT2D eigenvalue weighted by Gasteiger charge is 2.19. The van der Waals surface area contributed by atoms with Crippen molar-refractivity contribution in [3.63, 3.8) is 0 Å². The Morgan fingerprint density at radius 3 is 2.19 bits per heavy atom. The van der Waals surface area contributed by atoms with Crippen LogP contribution in [0.4, 0.5) is 0 Å². The van der Waals surface area contributed by atoms with E-state index in [1.807, 2.05) is 12.1 Å². The largest absolute Gasteiger partial charge is 0.496 e. The zero-order chi connectivity index (χ0) is 19.8. The van der Waals surface area contributed by atoms with Crippen LogP contribution in [0, 0.1) is 0 Å². The highest BCUT2D eigenvalue weighted by Crippen LogP contribution is 2.31. The summed E-state index contributed by atoms with van der Waals surface area (Å²) in [6.07, 6.45) is 0. The third-order valence-electron chi connectivity index (χ3n) is 4.50. The maximum atomic E-state index is 12.9. The van der Waals surface area contributed by atoms with Crippen molar-refractivity contribution in [2.75, 3.05) is 14.2 Å². The predicted octanol–water partition coefficient (Wildman–Crippen LogP) is 4.34. The lowest BCUT2D eigenvalue weighted by Gasteiger charge is -2.18. The van der Waals surface area contributed by atoms with Crippen LogP contribution < -0.4 is 15.1 Å². The van der Waals surface area contributed by atoms with Gasteiger partial charge < -0.3 is 13.9 Å². The maximum absolute atomic E-state index is 12.9. The fourth-order valence-corrected chi connectivity index (χ4v) is 2.88. The van der Waals surface area contributed by atoms with E-state index in [2.05, 4.69) is 20.8 Å². The van der Waals surface area contributed by atoms with Crippen LogP contribution in [0.1, 0.15) is 42.3 Å². The molecule has 0 amide bonds. The van der Waals surface area contributed by atoms with E-state index >= 15 is 0 Å². The van der Waals surface area contributed by atoms with Crippen molar-refractivity contribution < 1.29 is 18.7 Å². The first-order chi connectivity index (χ1) is 12.7. The summed E-state index contributed by atoms with van der Waals surface area (Å²) in [7, 11) is 3.02. The van der Waals surface area contributed by atoms with E-state index in [1.54, 1.807) is 24.3 Å². The molecule has 1 aromatic heterocycles. The number of hydrogen-bond acceptors (Lipinski definition) is 5. The van der Waals surface area contributed by atoms with Crippen LogP contribution in [0.25, 0.3) is 11.0 Å². The molecule has 0 fully saturated rings. The minimum Gasteiger partial charge on any atom is -0.496 e. The molecule has 5 heteroatoms. The standard InChI is InChI=1S/C22H22O5/c1-22(2,3)14-8-6-13(7-9-14)20(23)17-12-16-18(26-5)10-15(25-4)11-19(16)27-21(17)24/h6-12H,1-5H3. The molecule has 2 aromatic carbocycles. The second kappa shape index (κ2) is 6.91. The number of carbonyl (C=O) groups excluding carboxylic acids is 1. The van der Waals surface area contributed by atoms with Crippen LogP contribution in [0.15, 0.2) is 51.7 Å². The van der Waals surface area contributed by atoms with E-state index in [0.717, 1.165) is 5.56 Å². The fourth-order valence-electron chi connectivity index (χ4n) is 2.88. The lowest BCUT2D eigenvalue weighted by Crippen LogP contribution is -2.16. The van der Waals surface area contributed by atoms with Crippen LogP contribution in [0.5, 0.6) is 11.5 Å².